The molecule has 0 atom stereocenters. The molecule has 4 nitrogen and oxygen atoms in total. The maximum atomic E-state index is 9.94. The van der Waals surface area contributed by atoms with Gasteiger partial charge in [0.25, 0.3) is 0 Å². The van der Waals surface area contributed by atoms with Crippen LogP contribution in [0.25, 0.3) is 0 Å². The molecule has 0 aromatic rings. The van der Waals surface area contributed by atoms with Crippen LogP contribution in [0.3, 0.4) is 0 Å². The normalized spacial score (nSPS) is 11.1. The molecule has 0 radical (unpaired) electrons. The van der Waals surface area contributed by atoms with Gasteiger partial charge in [0.1, 0.15) is 0 Å². The average molecular weight is 391 g/mol. The molecule has 128 valence electrons. The third-order valence-corrected chi connectivity index (χ3v) is 2.83. The van der Waals surface area contributed by atoms with Crippen LogP contribution in [-0.4, -0.2) is 49.7 Å². The average Bonchev–Trinajstić information content (AvgIpc) is 2.37. The zero-order valence-corrected chi connectivity index (χ0v) is 17.6. The van der Waals surface area contributed by atoms with Crippen molar-refractivity contribution in [2.45, 2.75) is 65.2 Å². The SMILES string of the molecule is C/C(Cl)=C/CCCCC(=O)[O-].C/C(Cl)=C/CCCCC(=O)[O-].[Ca+2]. The first-order chi connectivity index (χ1) is 10.3. The molecule has 0 aliphatic rings. The Hall–Kier alpha value is 0.260. The number of allylic oxidation sites excluding steroid dienone is 4. The summed E-state index contributed by atoms with van der Waals surface area (Å²) in [7, 11) is 0. The van der Waals surface area contributed by atoms with E-state index in [4.69, 9.17) is 23.2 Å². The molecule has 0 rings (SSSR count). The molecule has 0 amide bonds. The second kappa shape index (κ2) is 20.3. The molecule has 0 saturated carbocycles. The molecule has 0 unspecified atom stereocenters. The van der Waals surface area contributed by atoms with Gasteiger partial charge in [-0.2, -0.15) is 0 Å². The summed E-state index contributed by atoms with van der Waals surface area (Å²) < 4.78 is 0. The van der Waals surface area contributed by atoms with Gasteiger partial charge in [-0.25, -0.2) is 0 Å². The molecule has 0 spiro atoms. The van der Waals surface area contributed by atoms with Crippen molar-refractivity contribution in [1.29, 1.82) is 0 Å². The Kier molecular flexibility index (Phi) is 24.8. The zero-order valence-electron chi connectivity index (χ0n) is 13.9. The Morgan fingerprint density at radius 2 is 1.09 bits per heavy atom. The summed E-state index contributed by atoms with van der Waals surface area (Å²) in [6, 6.07) is 0. The molecule has 0 fully saturated rings. The van der Waals surface area contributed by atoms with Crippen molar-refractivity contribution in [3.63, 3.8) is 0 Å². The van der Waals surface area contributed by atoms with Gasteiger partial charge in [0.05, 0.1) is 0 Å². The van der Waals surface area contributed by atoms with Crippen molar-refractivity contribution >= 4 is 72.9 Å². The number of unbranched alkanes of at least 4 members (excludes halogenated alkanes) is 4. The Labute approximate surface area is 178 Å². The third kappa shape index (κ3) is 34.6. The number of carbonyl (C=O) groups excluding carboxylic acids is 2. The predicted molar refractivity (Wildman–Crippen MR) is 91.9 cm³/mol. The number of hydrogen-bond donors (Lipinski definition) is 0. The summed E-state index contributed by atoms with van der Waals surface area (Å²) in [5.41, 5.74) is 0. The summed E-state index contributed by atoms with van der Waals surface area (Å²) in [4.78, 5) is 19.9. The second-order valence-corrected chi connectivity index (χ2v) is 6.01. The Bertz CT molecular complexity index is 338. The molecule has 0 aliphatic carbocycles. The monoisotopic (exact) mass is 390 g/mol. The van der Waals surface area contributed by atoms with Crippen molar-refractivity contribution in [1.82, 2.24) is 0 Å². The van der Waals surface area contributed by atoms with Crippen LogP contribution in [-0.2, 0) is 9.59 Å². The van der Waals surface area contributed by atoms with Gasteiger partial charge in [-0.05, 0) is 65.2 Å². The van der Waals surface area contributed by atoms with E-state index in [0.717, 1.165) is 35.7 Å². The largest absolute Gasteiger partial charge is 2.00 e. The predicted octanol–water partition coefficient (Wildman–Crippen LogP) is 2.50. The van der Waals surface area contributed by atoms with Crippen molar-refractivity contribution in [3.8, 4) is 0 Å². The molecule has 0 aromatic heterocycles. The minimum Gasteiger partial charge on any atom is -0.550 e. The number of carboxylic acid groups (broad SMARTS) is 2. The number of aliphatic carboxylic acids is 2. The maximum Gasteiger partial charge on any atom is 2.00 e. The minimum absolute atomic E-state index is 0. The molecule has 0 saturated heterocycles. The van der Waals surface area contributed by atoms with Crippen LogP contribution >= 0.6 is 23.2 Å². The van der Waals surface area contributed by atoms with E-state index in [-0.39, 0.29) is 50.6 Å². The van der Waals surface area contributed by atoms with Crippen molar-refractivity contribution in [2.75, 3.05) is 0 Å². The van der Waals surface area contributed by atoms with Crippen LogP contribution in [0.2, 0.25) is 0 Å². The number of rotatable bonds is 10. The van der Waals surface area contributed by atoms with E-state index in [0.29, 0.717) is 12.8 Å². The van der Waals surface area contributed by atoms with Gasteiger partial charge >= 0.3 is 37.7 Å². The number of carbonyl (C=O) groups is 2. The number of hydrogen-bond acceptors (Lipinski definition) is 4. The molecule has 0 aliphatic heterocycles. The number of carboxylic acids is 2. The molecule has 0 N–H and O–H groups in total. The van der Waals surface area contributed by atoms with Crippen LogP contribution in [0.1, 0.15) is 65.2 Å². The Balaban J connectivity index is -0.000000333. The zero-order chi connectivity index (χ0) is 17.4. The molecule has 7 heteroatoms. The smallest absolute Gasteiger partial charge is 0.550 e. The van der Waals surface area contributed by atoms with Crippen LogP contribution in [0.5, 0.6) is 0 Å². The van der Waals surface area contributed by atoms with Crippen LogP contribution in [0.4, 0.5) is 0 Å². The molecular weight excluding hydrogens is 367 g/mol. The van der Waals surface area contributed by atoms with E-state index in [1.54, 1.807) is 13.8 Å². The first kappa shape index (κ1) is 28.1. The fourth-order valence-electron chi connectivity index (χ4n) is 1.43. The van der Waals surface area contributed by atoms with Crippen LogP contribution in [0.15, 0.2) is 22.2 Å². The summed E-state index contributed by atoms with van der Waals surface area (Å²) in [6.45, 7) is 3.61. The van der Waals surface area contributed by atoms with Crippen molar-refractivity contribution in [2.24, 2.45) is 0 Å². The minimum atomic E-state index is -0.975. The summed E-state index contributed by atoms with van der Waals surface area (Å²) in [5.74, 6) is -1.95. The van der Waals surface area contributed by atoms with E-state index >= 15 is 0 Å². The van der Waals surface area contributed by atoms with Crippen LogP contribution in [0, 0.1) is 0 Å². The van der Waals surface area contributed by atoms with Gasteiger partial charge in [-0.15, -0.1) is 0 Å². The maximum absolute atomic E-state index is 9.94. The van der Waals surface area contributed by atoms with E-state index in [1.165, 1.54) is 0 Å². The third-order valence-electron chi connectivity index (χ3n) is 2.52. The molecular formula is C16H24CaCl2O4. The Morgan fingerprint density at radius 1 is 0.783 bits per heavy atom. The summed E-state index contributed by atoms with van der Waals surface area (Å²) in [5, 5.41) is 21.4. The van der Waals surface area contributed by atoms with Crippen LogP contribution < -0.4 is 10.2 Å². The second-order valence-electron chi connectivity index (χ2n) is 4.82. The van der Waals surface area contributed by atoms with Gasteiger partial charge in [-0.3, -0.25) is 0 Å². The molecule has 23 heavy (non-hydrogen) atoms. The van der Waals surface area contributed by atoms with E-state index < -0.39 is 11.9 Å². The van der Waals surface area contributed by atoms with Crippen molar-refractivity contribution < 1.29 is 19.8 Å². The quantitative estimate of drug-likeness (QED) is 0.423. The number of halogens is 2. The summed E-state index contributed by atoms with van der Waals surface area (Å²) >= 11 is 11.1. The first-order valence-electron chi connectivity index (χ1n) is 7.30. The molecule has 0 aromatic carbocycles. The van der Waals surface area contributed by atoms with Gasteiger partial charge in [0, 0.05) is 22.0 Å². The van der Waals surface area contributed by atoms with Gasteiger partial charge < -0.3 is 19.8 Å². The van der Waals surface area contributed by atoms with E-state index in [9.17, 15) is 19.8 Å². The fourth-order valence-corrected chi connectivity index (χ4v) is 1.65. The molecule has 0 bridgehead atoms. The topological polar surface area (TPSA) is 80.3 Å². The first-order valence-corrected chi connectivity index (χ1v) is 8.05. The Morgan fingerprint density at radius 3 is 1.30 bits per heavy atom. The van der Waals surface area contributed by atoms with E-state index in [1.807, 2.05) is 12.2 Å². The molecule has 0 heterocycles. The summed E-state index contributed by atoms with van der Waals surface area (Å²) in [6.07, 6.45) is 8.82. The standard InChI is InChI=1S/2C8H13ClO2.Ca/c2*1-7(9)5-3-2-4-6-8(10)11;/h2*5H,2-4,6H2,1H3,(H,10,11);/q;;+2/p-2/b2*7-5-;. The fraction of sp³-hybridized carbons (Fsp3) is 0.625. The van der Waals surface area contributed by atoms with Crippen molar-refractivity contribution in [3.05, 3.63) is 22.2 Å². The van der Waals surface area contributed by atoms with E-state index in [2.05, 4.69) is 0 Å². The van der Waals surface area contributed by atoms with Gasteiger partial charge in [-0.1, -0.05) is 35.4 Å². The van der Waals surface area contributed by atoms with Gasteiger partial charge in [0.2, 0.25) is 0 Å². The van der Waals surface area contributed by atoms with Gasteiger partial charge in [0.15, 0.2) is 0 Å².